The van der Waals surface area contributed by atoms with E-state index in [0.29, 0.717) is 40.8 Å². The number of thiocarbonyl (C=S) groups is 1. The van der Waals surface area contributed by atoms with Crippen LogP contribution in [-0.4, -0.2) is 41.9 Å². The normalized spacial score (nSPS) is 16.5. The Kier molecular flexibility index (Phi) is 7.59. The van der Waals surface area contributed by atoms with Crippen LogP contribution >= 0.6 is 12.2 Å². The Bertz CT molecular complexity index is 1210. The summed E-state index contributed by atoms with van der Waals surface area (Å²) >= 11 is 5.61. The molecule has 188 valence electrons. The minimum Gasteiger partial charge on any atom is -0.493 e. The molecule has 1 aliphatic heterocycles. The van der Waals surface area contributed by atoms with E-state index < -0.39 is 11.6 Å². The van der Waals surface area contributed by atoms with Crippen molar-refractivity contribution in [2.75, 3.05) is 19.5 Å². The van der Waals surface area contributed by atoms with Crippen molar-refractivity contribution in [1.29, 1.82) is 0 Å². The number of benzene rings is 2. The summed E-state index contributed by atoms with van der Waals surface area (Å²) in [6.07, 6.45) is 1.78. The van der Waals surface area contributed by atoms with Crippen molar-refractivity contribution in [3.63, 3.8) is 0 Å². The van der Waals surface area contributed by atoms with Crippen molar-refractivity contribution < 1.29 is 33.6 Å². The number of carbonyl (C=O) groups is 2. The van der Waals surface area contributed by atoms with E-state index in [-0.39, 0.29) is 11.5 Å². The summed E-state index contributed by atoms with van der Waals surface area (Å²) in [4.78, 5) is 23.8. The molecule has 8 nitrogen and oxygen atoms in total. The molecule has 0 amide bonds. The third kappa shape index (κ3) is 5.35. The Morgan fingerprint density at radius 1 is 1.11 bits per heavy atom. The Morgan fingerprint density at radius 2 is 1.74 bits per heavy atom. The van der Waals surface area contributed by atoms with Crippen LogP contribution in [0, 0.1) is 20.8 Å². The lowest BCUT2D eigenvalue weighted by Crippen LogP contribution is -2.40. The summed E-state index contributed by atoms with van der Waals surface area (Å²) in [5.74, 6) is 0.606. The second kappa shape index (κ2) is 10.1. The molecule has 0 bridgehead atoms. The molecule has 1 unspecified atom stereocenters. The van der Waals surface area contributed by atoms with E-state index in [1.807, 2.05) is 27.7 Å². The molecule has 0 aliphatic carbocycles. The topological polar surface area (TPSA) is 103 Å². The van der Waals surface area contributed by atoms with E-state index in [0.717, 1.165) is 34.4 Å². The number of carboxylic acid groups (broad SMARTS) is 1. The number of aromatic carboxylic acids is 1. The summed E-state index contributed by atoms with van der Waals surface area (Å²) in [6, 6.07) is 2.96. The number of ether oxygens (including phenoxy) is 4. The molecular weight excluding hydrogens is 470 g/mol. The van der Waals surface area contributed by atoms with Gasteiger partial charge in [-0.25, -0.2) is 4.79 Å². The third-order valence-corrected chi connectivity index (χ3v) is 6.62. The van der Waals surface area contributed by atoms with E-state index in [9.17, 15) is 14.7 Å². The summed E-state index contributed by atoms with van der Waals surface area (Å²) < 4.78 is 22.5. The van der Waals surface area contributed by atoms with Gasteiger partial charge in [0.15, 0.2) is 11.5 Å². The zero-order valence-electron chi connectivity index (χ0n) is 21.1. The van der Waals surface area contributed by atoms with E-state index in [4.69, 9.17) is 31.2 Å². The number of rotatable bonds is 7. The van der Waals surface area contributed by atoms with E-state index in [2.05, 4.69) is 5.32 Å². The van der Waals surface area contributed by atoms with Gasteiger partial charge < -0.3 is 29.4 Å². The highest BCUT2D eigenvalue weighted by Crippen LogP contribution is 2.45. The quantitative estimate of drug-likeness (QED) is 0.302. The number of anilines is 1. The maximum Gasteiger partial charge on any atom is 0.337 e. The first-order valence-corrected chi connectivity index (χ1v) is 11.6. The predicted octanol–water partition coefficient (Wildman–Crippen LogP) is 5.17. The first kappa shape index (κ1) is 26.3. The van der Waals surface area contributed by atoms with Crippen molar-refractivity contribution in [3.05, 3.63) is 39.9 Å². The summed E-state index contributed by atoms with van der Waals surface area (Å²) in [5.41, 5.74) is 3.42. The molecule has 2 aromatic carbocycles. The molecule has 1 heterocycles. The summed E-state index contributed by atoms with van der Waals surface area (Å²) in [6.45, 7) is 9.18. The van der Waals surface area contributed by atoms with Gasteiger partial charge in [-0.1, -0.05) is 12.2 Å². The van der Waals surface area contributed by atoms with Gasteiger partial charge in [-0.05, 0) is 57.2 Å². The molecule has 2 N–H and O–H groups in total. The highest BCUT2D eigenvalue weighted by molar-refractivity contribution is 7.80. The summed E-state index contributed by atoms with van der Waals surface area (Å²) in [5, 5.41) is 12.7. The molecule has 1 atom stereocenters. The predicted molar refractivity (Wildman–Crippen MR) is 137 cm³/mol. The standard InChI is InChI=1S/C26H31NO7S/c1-13-14(2)24-17(15(3)23(13)33-16(4)28)8-9-26(5,34-24)12-22(35)27-19-11-21(32-7)20(31-6)10-18(19)25(29)30/h10-11H,8-9,12H2,1-7H3,(H,27,35)(H,29,30). The van der Waals surface area contributed by atoms with Gasteiger partial charge in [0.2, 0.25) is 0 Å². The van der Waals surface area contributed by atoms with Crippen LogP contribution < -0.4 is 24.3 Å². The number of carboxylic acids is 1. The van der Waals surface area contributed by atoms with E-state index >= 15 is 0 Å². The monoisotopic (exact) mass is 501 g/mol. The van der Waals surface area contributed by atoms with Gasteiger partial charge in [-0.2, -0.15) is 0 Å². The lowest BCUT2D eigenvalue weighted by Gasteiger charge is -2.38. The number of hydrogen-bond acceptors (Lipinski definition) is 7. The van der Waals surface area contributed by atoms with Crippen LogP contribution in [0.1, 0.15) is 59.3 Å². The van der Waals surface area contributed by atoms with Gasteiger partial charge in [-0.3, -0.25) is 4.79 Å². The van der Waals surface area contributed by atoms with Crippen LogP contribution in [-0.2, 0) is 11.2 Å². The SMILES string of the molecule is COc1cc(NC(=S)CC2(C)CCc3c(C)c(OC(C)=O)c(C)c(C)c3O2)c(C(=O)O)cc1OC. The number of esters is 1. The smallest absolute Gasteiger partial charge is 0.337 e. The molecule has 3 rings (SSSR count). The van der Waals surface area contributed by atoms with Crippen LogP contribution in [0.15, 0.2) is 12.1 Å². The van der Waals surface area contributed by atoms with Gasteiger partial charge >= 0.3 is 11.9 Å². The largest absolute Gasteiger partial charge is 0.493 e. The molecule has 0 saturated heterocycles. The highest BCUT2D eigenvalue weighted by atomic mass is 32.1. The molecule has 0 radical (unpaired) electrons. The number of carbonyl (C=O) groups excluding carboxylic acids is 1. The Balaban J connectivity index is 1.86. The minimum atomic E-state index is -1.12. The van der Waals surface area contributed by atoms with Crippen molar-refractivity contribution in [3.8, 4) is 23.0 Å². The lowest BCUT2D eigenvalue weighted by atomic mass is 9.85. The van der Waals surface area contributed by atoms with Gasteiger partial charge in [0.1, 0.15) is 17.1 Å². The van der Waals surface area contributed by atoms with Crippen LogP contribution in [0.25, 0.3) is 0 Å². The average molecular weight is 502 g/mol. The minimum absolute atomic E-state index is 0.0187. The van der Waals surface area contributed by atoms with Crippen LogP contribution in [0.5, 0.6) is 23.0 Å². The number of hydrogen-bond donors (Lipinski definition) is 2. The van der Waals surface area contributed by atoms with E-state index in [1.54, 1.807) is 6.07 Å². The molecule has 0 aromatic heterocycles. The summed E-state index contributed by atoms with van der Waals surface area (Å²) in [7, 11) is 2.93. The zero-order valence-corrected chi connectivity index (χ0v) is 21.9. The van der Waals surface area contributed by atoms with Crippen LogP contribution in [0.4, 0.5) is 5.69 Å². The second-order valence-electron chi connectivity index (χ2n) is 8.94. The van der Waals surface area contributed by atoms with E-state index in [1.165, 1.54) is 27.2 Å². The maximum atomic E-state index is 11.8. The van der Waals surface area contributed by atoms with Crippen molar-refractivity contribution in [2.24, 2.45) is 0 Å². The molecule has 0 saturated carbocycles. The van der Waals surface area contributed by atoms with Crippen molar-refractivity contribution >= 4 is 34.8 Å². The molecule has 0 fully saturated rings. The Labute approximate surface area is 210 Å². The molecule has 1 aliphatic rings. The maximum absolute atomic E-state index is 11.8. The van der Waals surface area contributed by atoms with Crippen LogP contribution in [0.2, 0.25) is 0 Å². The number of fused-ring (bicyclic) bond motifs is 1. The van der Waals surface area contributed by atoms with Gasteiger partial charge in [0.25, 0.3) is 0 Å². The van der Waals surface area contributed by atoms with Crippen molar-refractivity contribution in [1.82, 2.24) is 0 Å². The molecule has 0 spiro atoms. The first-order chi connectivity index (χ1) is 16.4. The van der Waals surface area contributed by atoms with Gasteiger partial charge in [0.05, 0.1) is 30.5 Å². The number of nitrogens with one attached hydrogen (secondary N) is 1. The molecule has 9 heteroatoms. The zero-order chi connectivity index (χ0) is 26.1. The van der Waals surface area contributed by atoms with Crippen LogP contribution in [0.3, 0.4) is 0 Å². The lowest BCUT2D eigenvalue weighted by molar-refractivity contribution is -0.132. The molecular formula is C26H31NO7S. The van der Waals surface area contributed by atoms with Crippen molar-refractivity contribution in [2.45, 2.75) is 59.5 Å². The molecule has 2 aromatic rings. The van der Waals surface area contributed by atoms with Gasteiger partial charge in [0, 0.05) is 31.0 Å². The highest BCUT2D eigenvalue weighted by Gasteiger charge is 2.36. The van der Waals surface area contributed by atoms with Gasteiger partial charge in [-0.15, -0.1) is 0 Å². The Hall–Kier alpha value is -3.33. The third-order valence-electron chi connectivity index (χ3n) is 6.37. The average Bonchev–Trinajstić information content (AvgIpc) is 2.79. The second-order valence-corrected chi connectivity index (χ2v) is 9.43. The first-order valence-electron chi connectivity index (χ1n) is 11.2. The number of methoxy groups -OCH3 is 2. The fourth-order valence-corrected chi connectivity index (χ4v) is 4.81. The fourth-order valence-electron chi connectivity index (χ4n) is 4.40. The fraction of sp³-hybridized carbons (Fsp3) is 0.423. The Morgan fingerprint density at radius 3 is 2.31 bits per heavy atom. The molecule has 35 heavy (non-hydrogen) atoms.